The highest BCUT2D eigenvalue weighted by atomic mass is 16.4. The number of likely N-dealkylation sites (tertiary alicyclic amines) is 2. The van der Waals surface area contributed by atoms with Crippen LogP contribution in [-0.4, -0.2) is 77.1 Å². The van der Waals surface area contributed by atoms with Crippen molar-refractivity contribution in [3.63, 3.8) is 0 Å². The van der Waals surface area contributed by atoms with Gasteiger partial charge in [-0.1, -0.05) is 13.8 Å². The van der Waals surface area contributed by atoms with Crippen LogP contribution >= 0.6 is 0 Å². The average Bonchev–Trinajstić information content (AvgIpc) is 2.87. The monoisotopic (exact) mass is 297 g/mol. The molecule has 2 aliphatic heterocycles. The van der Waals surface area contributed by atoms with Gasteiger partial charge in [-0.15, -0.1) is 0 Å². The SMILES string of the molecule is CCN1CCC(N(C)C(=O)N2CCC(C)C2C(=O)O)CC1. The number of carboxylic acids is 1. The molecule has 0 radical (unpaired) electrons. The van der Waals surface area contributed by atoms with Crippen LogP contribution < -0.4 is 0 Å². The first-order valence-electron chi connectivity index (χ1n) is 7.94. The molecule has 0 aromatic heterocycles. The van der Waals surface area contributed by atoms with Gasteiger partial charge in [0.25, 0.3) is 0 Å². The van der Waals surface area contributed by atoms with Gasteiger partial charge in [0.05, 0.1) is 0 Å². The second-order valence-corrected chi connectivity index (χ2v) is 6.30. The van der Waals surface area contributed by atoms with Gasteiger partial charge in [0.15, 0.2) is 0 Å². The van der Waals surface area contributed by atoms with Crippen LogP contribution in [-0.2, 0) is 4.79 Å². The summed E-state index contributed by atoms with van der Waals surface area (Å²) in [4.78, 5) is 29.7. The van der Waals surface area contributed by atoms with Gasteiger partial charge in [-0.2, -0.15) is 0 Å². The molecule has 6 nitrogen and oxygen atoms in total. The maximum absolute atomic E-state index is 12.6. The van der Waals surface area contributed by atoms with Gasteiger partial charge in [0, 0.05) is 32.7 Å². The lowest BCUT2D eigenvalue weighted by atomic mass is 10.0. The van der Waals surface area contributed by atoms with Crippen LogP contribution in [0.4, 0.5) is 4.79 Å². The standard InChI is InChI=1S/C15H27N3O3/c1-4-17-8-6-12(7-9-17)16(3)15(21)18-10-5-11(2)13(18)14(19)20/h11-13H,4-10H2,1-3H3,(H,19,20). The van der Waals surface area contributed by atoms with Crippen LogP contribution in [0.5, 0.6) is 0 Å². The maximum Gasteiger partial charge on any atom is 0.326 e. The molecular formula is C15H27N3O3. The van der Waals surface area contributed by atoms with Crippen LogP contribution in [0.25, 0.3) is 0 Å². The summed E-state index contributed by atoms with van der Waals surface area (Å²) in [7, 11) is 1.82. The smallest absolute Gasteiger partial charge is 0.326 e. The Bertz CT molecular complexity index is 394. The number of nitrogens with zero attached hydrogens (tertiary/aromatic N) is 3. The van der Waals surface area contributed by atoms with Crippen molar-refractivity contribution in [3.05, 3.63) is 0 Å². The highest BCUT2D eigenvalue weighted by Gasteiger charge is 2.41. The molecule has 2 fully saturated rings. The van der Waals surface area contributed by atoms with Gasteiger partial charge in [-0.25, -0.2) is 9.59 Å². The number of carbonyl (C=O) groups excluding carboxylic acids is 1. The van der Waals surface area contributed by atoms with Crippen molar-refractivity contribution in [1.29, 1.82) is 0 Å². The summed E-state index contributed by atoms with van der Waals surface area (Å²) in [5.41, 5.74) is 0. The van der Waals surface area contributed by atoms with Crippen LogP contribution in [0, 0.1) is 5.92 Å². The predicted molar refractivity (Wildman–Crippen MR) is 80.2 cm³/mol. The molecule has 6 heteroatoms. The van der Waals surface area contributed by atoms with Crippen molar-refractivity contribution in [2.24, 2.45) is 5.92 Å². The van der Waals surface area contributed by atoms with E-state index in [0.717, 1.165) is 38.9 Å². The number of piperidine rings is 1. The van der Waals surface area contributed by atoms with E-state index in [-0.39, 0.29) is 18.0 Å². The summed E-state index contributed by atoms with van der Waals surface area (Å²) in [5.74, 6) is -0.857. The highest BCUT2D eigenvalue weighted by molar-refractivity contribution is 5.83. The molecule has 0 bridgehead atoms. The largest absolute Gasteiger partial charge is 0.480 e. The van der Waals surface area contributed by atoms with Crippen molar-refractivity contribution >= 4 is 12.0 Å². The molecule has 0 aromatic rings. The fraction of sp³-hybridized carbons (Fsp3) is 0.867. The number of hydrogen-bond donors (Lipinski definition) is 1. The fourth-order valence-electron chi connectivity index (χ4n) is 3.52. The van der Waals surface area contributed by atoms with Gasteiger partial charge < -0.3 is 19.8 Å². The van der Waals surface area contributed by atoms with E-state index in [2.05, 4.69) is 11.8 Å². The lowest BCUT2D eigenvalue weighted by Gasteiger charge is -2.38. The Hall–Kier alpha value is -1.30. The molecule has 0 spiro atoms. The minimum absolute atomic E-state index is 0.0294. The van der Waals surface area contributed by atoms with Crippen molar-refractivity contribution in [3.8, 4) is 0 Å². The van der Waals surface area contributed by atoms with E-state index in [9.17, 15) is 14.7 Å². The first kappa shape index (κ1) is 16.1. The zero-order chi connectivity index (χ0) is 15.6. The second-order valence-electron chi connectivity index (χ2n) is 6.30. The minimum atomic E-state index is -0.887. The zero-order valence-electron chi connectivity index (χ0n) is 13.3. The summed E-state index contributed by atoms with van der Waals surface area (Å²) < 4.78 is 0. The van der Waals surface area contributed by atoms with Crippen LogP contribution in [0.3, 0.4) is 0 Å². The van der Waals surface area contributed by atoms with E-state index in [4.69, 9.17) is 0 Å². The van der Waals surface area contributed by atoms with E-state index in [1.165, 1.54) is 0 Å². The molecule has 0 aromatic carbocycles. The van der Waals surface area contributed by atoms with E-state index < -0.39 is 12.0 Å². The molecule has 2 amide bonds. The van der Waals surface area contributed by atoms with Crippen LogP contribution in [0.15, 0.2) is 0 Å². The second kappa shape index (κ2) is 6.64. The number of amides is 2. The van der Waals surface area contributed by atoms with Gasteiger partial charge in [-0.3, -0.25) is 0 Å². The normalized spacial score (nSPS) is 27.9. The van der Waals surface area contributed by atoms with Gasteiger partial charge >= 0.3 is 12.0 Å². The van der Waals surface area contributed by atoms with Crippen molar-refractivity contribution in [2.75, 3.05) is 33.2 Å². The third kappa shape index (κ3) is 3.31. The Morgan fingerprint density at radius 3 is 2.33 bits per heavy atom. The number of hydrogen-bond acceptors (Lipinski definition) is 3. The molecule has 2 unspecified atom stereocenters. The molecule has 0 saturated carbocycles. The number of urea groups is 1. The van der Waals surface area contributed by atoms with Crippen molar-refractivity contribution in [2.45, 2.75) is 45.2 Å². The minimum Gasteiger partial charge on any atom is -0.480 e. The third-order valence-electron chi connectivity index (χ3n) is 5.05. The number of carboxylic acid groups (broad SMARTS) is 1. The summed E-state index contributed by atoms with van der Waals surface area (Å²) in [6.07, 6.45) is 2.71. The van der Waals surface area contributed by atoms with E-state index >= 15 is 0 Å². The molecule has 2 saturated heterocycles. The Morgan fingerprint density at radius 1 is 1.19 bits per heavy atom. The molecule has 2 rings (SSSR count). The third-order valence-corrected chi connectivity index (χ3v) is 5.05. The average molecular weight is 297 g/mol. The maximum atomic E-state index is 12.6. The quantitative estimate of drug-likeness (QED) is 0.853. The van der Waals surface area contributed by atoms with E-state index in [1.807, 2.05) is 14.0 Å². The summed E-state index contributed by atoms with van der Waals surface area (Å²) in [6.45, 7) is 7.68. The highest BCUT2D eigenvalue weighted by Crippen LogP contribution is 2.26. The van der Waals surface area contributed by atoms with Crippen molar-refractivity contribution < 1.29 is 14.7 Å². The first-order chi connectivity index (χ1) is 9.95. The number of rotatable bonds is 3. The molecule has 2 atom stereocenters. The first-order valence-corrected chi connectivity index (χ1v) is 7.94. The Morgan fingerprint density at radius 2 is 1.81 bits per heavy atom. The van der Waals surface area contributed by atoms with E-state index in [0.29, 0.717) is 6.54 Å². The Balaban J connectivity index is 1.98. The topological polar surface area (TPSA) is 64.1 Å². The molecule has 0 aliphatic carbocycles. The van der Waals surface area contributed by atoms with Gasteiger partial charge in [0.1, 0.15) is 6.04 Å². The Kier molecular flexibility index (Phi) is 5.08. The lowest BCUT2D eigenvalue weighted by Crippen LogP contribution is -2.53. The lowest BCUT2D eigenvalue weighted by molar-refractivity contribution is -0.142. The predicted octanol–water partition coefficient (Wildman–Crippen LogP) is 1.32. The molecule has 1 N–H and O–H groups in total. The molecular weight excluding hydrogens is 270 g/mol. The van der Waals surface area contributed by atoms with Gasteiger partial charge in [0.2, 0.25) is 0 Å². The van der Waals surface area contributed by atoms with Gasteiger partial charge in [-0.05, 0) is 31.7 Å². The number of aliphatic carboxylic acids is 1. The summed E-state index contributed by atoms with van der Waals surface area (Å²) in [5, 5.41) is 9.34. The summed E-state index contributed by atoms with van der Waals surface area (Å²) >= 11 is 0. The van der Waals surface area contributed by atoms with Crippen molar-refractivity contribution in [1.82, 2.24) is 14.7 Å². The Labute approximate surface area is 126 Å². The molecule has 2 heterocycles. The number of carbonyl (C=O) groups is 2. The van der Waals surface area contributed by atoms with E-state index in [1.54, 1.807) is 9.80 Å². The summed E-state index contributed by atoms with van der Waals surface area (Å²) in [6, 6.07) is -0.567. The fourth-order valence-corrected chi connectivity index (χ4v) is 3.52. The zero-order valence-corrected chi connectivity index (χ0v) is 13.3. The molecule has 120 valence electrons. The molecule has 21 heavy (non-hydrogen) atoms. The van der Waals surface area contributed by atoms with Crippen LogP contribution in [0.1, 0.15) is 33.1 Å². The van der Waals surface area contributed by atoms with Crippen LogP contribution in [0.2, 0.25) is 0 Å². The molecule has 2 aliphatic rings.